The number of hydrazone groups is 1. The minimum absolute atomic E-state index is 0.000394. The van der Waals surface area contributed by atoms with Gasteiger partial charge >= 0.3 is 0 Å². The van der Waals surface area contributed by atoms with Crippen molar-refractivity contribution < 1.29 is 27.5 Å². The lowest BCUT2D eigenvalue weighted by Gasteiger charge is -2.25. The van der Waals surface area contributed by atoms with E-state index in [1.54, 1.807) is 42.5 Å². The zero-order valence-corrected chi connectivity index (χ0v) is 24.1. The zero-order chi connectivity index (χ0) is 29.3. The number of amides is 2. The van der Waals surface area contributed by atoms with E-state index in [1.165, 1.54) is 37.6 Å². The monoisotopic (exact) mass is 586 g/mol. The number of ether oxygens (including phenoxy) is 2. The summed E-state index contributed by atoms with van der Waals surface area (Å²) in [6.07, 6.45) is 1.39. The molecule has 0 saturated carbocycles. The van der Waals surface area contributed by atoms with Gasteiger partial charge < -0.3 is 14.8 Å². The summed E-state index contributed by atoms with van der Waals surface area (Å²) in [5.74, 6) is -0.199. The molecule has 0 heterocycles. The summed E-state index contributed by atoms with van der Waals surface area (Å²) in [6.45, 7) is 4.86. The number of anilines is 1. The number of hydrogen-bond donors (Lipinski definition) is 2. The van der Waals surface area contributed by atoms with E-state index < -0.39 is 22.5 Å². The van der Waals surface area contributed by atoms with Crippen LogP contribution >= 0.6 is 11.6 Å². The molecule has 0 fully saturated rings. The number of aryl methyl sites for hydroxylation is 1. The highest BCUT2D eigenvalue weighted by Gasteiger charge is 2.29. The van der Waals surface area contributed by atoms with Crippen LogP contribution in [0.2, 0.25) is 5.02 Å². The van der Waals surface area contributed by atoms with Gasteiger partial charge in [0.25, 0.3) is 21.8 Å². The Balaban J connectivity index is 1.73. The maximum Gasteiger partial charge on any atom is 0.264 e. The third kappa shape index (κ3) is 8.45. The van der Waals surface area contributed by atoms with E-state index in [0.29, 0.717) is 11.3 Å². The fourth-order valence-electron chi connectivity index (χ4n) is 3.50. The highest BCUT2D eigenvalue weighted by atomic mass is 35.5. The maximum absolute atomic E-state index is 13.6. The van der Waals surface area contributed by atoms with Crippen molar-refractivity contribution >= 4 is 45.3 Å². The fourth-order valence-corrected chi connectivity index (χ4v) is 5.09. The number of carbonyl (C=O) groups is 2. The highest BCUT2D eigenvalue weighted by molar-refractivity contribution is 7.92. The van der Waals surface area contributed by atoms with Gasteiger partial charge in [0, 0.05) is 11.1 Å². The Bertz CT molecular complexity index is 1460. The summed E-state index contributed by atoms with van der Waals surface area (Å²) in [5, 5.41) is 6.95. The topological polar surface area (TPSA) is 126 Å². The second kappa shape index (κ2) is 13.8. The first-order chi connectivity index (χ1) is 19.0. The lowest BCUT2D eigenvalue weighted by Crippen LogP contribution is -2.39. The summed E-state index contributed by atoms with van der Waals surface area (Å²) in [6, 6.07) is 17.5. The number of sulfonamides is 1. The number of hydrogen-bond acceptors (Lipinski definition) is 7. The van der Waals surface area contributed by atoms with Crippen LogP contribution in [-0.4, -0.2) is 52.8 Å². The van der Waals surface area contributed by atoms with Gasteiger partial charge in [0.15, 0.2) is 6.61 Å². The van der Waals surface area contributed by atoms with Crippen molar-refractivity contribution in [3.8, 4) is 11.5 Å². The Morgan fingerprint density at radius 3 is 2.33 bits per heavy atom. The molecule has 0 aliphatic rings. The van der Waals surface area contributed by atoms with Crippen molar-refractivity contribution in [1.82, 2.24) is 10.7 Å². The summed E-state index contributed by atoms with van der Waals surface area (Å²) >= 11 is 6.16. The van der Waals surface area contributed by atoms with Crippen LogP contribution in [0.15, 0.2) is 76.7 Å². The van der Waals surface area contributed by atoms with Gasteiger partial charge in [-0.1, -0.05) is 29.3 Å². The Morgan fingerprint density at radius 1 is 1.02 bits per heavy atom. The van der Waals surface area contributed by atoms with Crippen LogP contribution in [0.25, 0.3) is 0 Å². The van der Waals surface area contributed by atoms with E-state index in [0.717, 1.165) is 9.87 Å². The average molecular weight is 587 g/mol. The van der Waals surface area contributed by atoms with Crippen molar-refractivity contribution in [2.45, 2.75) is 31.7 Å². The number of rotatable bonds is 12. The van der Waals surface area contributed by atoms with Gasteiger partial charge in [-0.3, -0.25) is 13.9 Å². The first-order valence-electron chi connectivity index (χ1n) is 12.3. The van der Waals surface area contributed by atoms with E-state index in [2.05, 4.69) is 15.8 Å². The van der Waals surface area contributed by atoms with Crippen LogP contribution in [-0.2, 0) is 19.6 Å². The molecule has 12 heteroatoms. The summed E-state index contributed by atoms with van der Waals surface area (Å²) < 4.78 is 38.9. The molecule has 10 nitrogen and oxygen atoms in total. The van der Waals surface area contributed by atoms with Gasteiger partial charge in [-0.15, -0.1) is 0 Å². The van der Waals surface area contributed by atoms with Gasteiger partial charge in [-0.2, -0.15) is 5.10 Å². The molecule has 212 valence electrons. The molecule has 0 aliphatic heterocycles. The van der Waals surface area contributed by atoms with Gasteiger partial charge in [-0.05, 0) is 80.9 Å². The van der Waals surface area contributed by atoms with Gasteiger partial charge in [0.2, 0.25) is 0 Å². The number of nitrogens with zero attached hydrogens (tertiary/aromatic N) is 2. The Morgan fingerprint density at radius 2 is 1.70 bits per heavy atom. The van der Waals surface area contributed by atoms with E-state index in [-0.39, 0.29) is 39.9 Å². The van der Waals surface area contributed by atoms with Gasteiger partial charge in [0.1, 0.15) is 18.0 Å². The van der Waals surface area contributed by atoms with E-state index >= 15 is 0 Å². The molecule has 0 bridgehead atoms. The predicted molar refractivity (Wildman–Crippen MR) is 155 cm³/mol. The Kier molecular flexibility index (Phi) is 10.5. The van der Waals surface area contributed by atoms with E-state index in [9.17, 15) is 18.0 Å². The molecule has 2 N–H and O–H groups in total. The van der Waals surface area contributed by atoms with E-state index in [1.807, 2.05) is 20.8 Å². The number of benzene rings is 3. The molecular formula is C28H31ClN4O6S. The largest absolute Gasteiger partial charge is 0.495 e. The molecule has 3 rings (SSSR count). The van der Waals surface area contributed by atoms with Crippen molar-refractivity contribution in [3.05, 3.63) is 82.9 Å². The van der Waals surface area contributed by atoms with Crippen molar-refractivity contribution in [2.24, 2.45) is 5.10 Å². The van der Waals surface area contributed by atoms with Gasteiger partial charge in [0.05, 0.1) is 23.9 Å². The normalized spacial score (nSPS) is 11.3. The lowest BCUT2D eigenvalue weighted by molar-refractivity contribution is -0.123. The molecule has 40 heavy (non-hydrogen) atoms. The minimum atomic E-state index is -4.18. The Labute approximate surface area is 239 Å². The van der Waals surface area contributed by atoms with Crippen LogP contribution in [0.1, 0.15) is 25.0 Å². The van der Waals surface area contributed by atoms with Crippen LogP contribution in [0.5, 0.6) is 11.5 Å². The lowest BCUT2D eigenvalue weighted by atomic mass is 10.2. The second-order valence-corrected chi connectivity index (χ2v) is 11.3. The summed E-state index contributed by atoms with van der Waals surface area (Å²) in [7, 11) is -2.78. The summed E-state index contributed by atoms with van der Waals surface area (Å²) in [4.78, 5) is 24.6. The molecule has 3 aromatic carbocycles. The fraction of sp³-hybridized carbons (Fsp3) is 0.250. The highest BCUT2D eigenvalue weighted by Crippen LogP contribution is 2.34. The predicted octanol–water partition coefficient (Wildman–Crippen LogP) is 3.91. The van der Waals surface area contributed by atoms with Crippen molar-refractivity contribution in [1.29, 1.82) is 0 Å². The van der Waals surface area contributed by atoms with Crippen molar-refractivity contribution in [3.63, 3.8) is 0 Å². The first-order valence-corrected chi connectivity index (χ1v) is 14.1. The van der Waals surface area contributed by atoms with Crippen LogP contribution in [0, 0.1) is 6.92 Å². The molecule has 0 unspecified atom stereocenters. The van der Waals surface area contributed by atoms with Crippen LogP contribution in [0.4, 0.5) is 5.69 Å². The molecular weight excluding hydrogens is 556 g/mol. The zero-order valence-electron chi connectivity index (χ0n) is 22.5. The molecule has 0 atom stereocenters. The van der Waals surface area contributed by atoms with Crippen LogP contribution < -0.4 is 24.5 Å². The number of methoxy groups -OCH3 is 1. The standard InChI is InChI=1S/C28H31ClN4O6S/c1-19(2)31-28(35)18-39-23-10-7-21(8-11-23)16-30-32-27(34)17-33(25-15-22(29)9-14-26(25)38-4)40(36,37)24-12-5-20(3)6-13-24/h5-16,19H,17-18H2,1-4H3,(H,31,35)(H,32,34)/b30-16-. The number of nitrogens with one attached hydrogen (secondary N) is 2. The molecule has 0 radical (unpaired) electrons. The third-order valence-corrected chi connectivity index (χ3v) is 7.42. The first kappa shape index (κ1) is 30.5. The quantitative estimate of drug-likeness (QED) is 0.245. The second-order valence-electron chi connectivity index (χ2n) is 9.01. The molecule has 0 aromatic heterocycles. The van der Waals surface area contributed by atoms with Crippen molar-refractivity contribution in [2.75, 3.05) is 24.6 Å². The third-order valence-electron chi connectivity index (χ3n) is 5.41. The molecule has 0 saturated heterocycles. The number of halogens is 1. The molecule has 0 aliphatic carbocycles. The van der Waals surface area contributed by atoms with Gasteiger partial charge in [-0.25, -0.2) is 13.8 Å². The smallest absolute Gasteiger partial charge is 0.264 e. The summed E-state index contributed by atoms with van der Waals surface area (Å²) in [5.41, 5.74) is 3.98. The van der Waals surface area contributed by atoms with Crippen LogP contribution in [0.3, 0.4) is 0 Å². The SMILES string of the molecule is COc1ccc(Cl)cc1N(CC(=O)N/N=C\c1ccc(OCC(=O)NC(C)C)cc1)S(=O)(=O)c1ccc(C)cc1. The number of carbonyl (C=O) groups excluding carboxylic acids is 2. The average Bonchev–Trinajstić information content (AvgIpc) is 2.91. The minimum Gasteiger partial charge on any atom is -0.495 e. The maximum atomic E-state index is 13.6. The molecule has 2 amide bonds. The molecule has 3 aromatic rings. The molecule has 0 spiro atoms. The van der Waals surface area contributed by atoms with E-state index in [4.69, 9.17) is 21.1 Å². The Hall–Kier alpha value is -4.09.